The summed E-state index contributed by atoms with van der Waals surface area (Å²) in [7, 11) is 0. The Bertz CT molecular complexity index is 466. The van der Waals surface area contributed by atoms with Crippen LogP contribution in [0.3, 0.4) is 0 Å². The van der Waals surface area contributed by atoms with E-state index in [1.165, 1.54) is 5.56 Å². The minimum Gasteiger partial charge on any atom is -0.490 e. The molecule has 0 N–H and O–H groups in total. The van der Waals surface area contributed by atoms with Crippen molar-refractivity contribution in [2.75, 3.05) is 19.6 Å². The third-order valence-electron chi connectivity index (χ3n) is 4.01. The van der Waals surface area contributed by atoms with Gasteiger partial charge in [0.25, 0.3) is 0 Å². The number of benzene rings is 2. The van der Waals surface area contributed by atoms with Crippen molar-refractivity contribution in [3.8, 4) is 5.75 Å². The molecule has 2 rings (SSSR count). The summed E-state index contributed by atoms with van der Waals surface area (Å²) >= 11 is 0. The molecule has 1 unspecified atom stereocenters. The van der Waals surface area contributed by atoms with Crippen LogP contribution in [0.15, 0.2) is 60.7 Å². The first-order valence-electron chi connectivity index (χ1n) is 8.29. The van der Waals surface area contributed by atoms with Gasteiger partial charge in [0.2, 0.25) is 0 Å². The maximum atomic E-state index is 6.23. The Hall–Kier alpha value is -1.80. The van der Waals surface area contributed by atoms with Crippen molar-refractivity contribution in [1.82, 2.24) is 4.90 Å². The van der Waals surface area contributed by atoms with E-state index in [9.17, 15) is 0 Å². The fourth-order valence-corrected chi connectivity index (χ4v) is 2.64. The van der Waals surface area contributed by atoms with Crippen LogP contribution in [0.4, 0.5) is 0 Å². The molecular formula is C20H27NO. The molecule has 2 aromatic carbocycles. The summed E-state index contributed by atoms with van der Waals surface area (Å²) in [6.07, 6.45) is 2.22. The van der Waals surface area contributed by atoms with Crippen molar-refractivity contribution in [2.24, 2.45) is 0 Å². The molecule has 2 aromatic rings. The van der Waals surface area contributed by atoms with E-state index in [1.807, 2.05) is 30.3 Å². The van der Waals surface area contributed by atoms with Crippen molar-refractivity contribution >= 4 is 0 Å². The van der Waals surface area contributed by atoms with E-state index in [2.05, 4.69) is 49.1 Å². The van der Waals surface area contributed by atoms with E-state index in [4.69, 9.17) is 4.74 Å². The lowest BCUT2D eigenvalue weighted by Crippen LogP contribution is -2.30. The molecule has 0 aliphatic carbocycles. The standard InChI is InChI=1S/C20H27NO/c1-3-21(4-2)16-15-20(17-18-11-7-5-8-12-18)22-19-13-9-6-10-14-19/h5-14,20H,3-4,15-17H2,1-2H3. The fourth-order valence-electron chi connectivity index (χ4n) is 2.64. The van der Waals surface area contributed by atoms with Crippen LogP contribution in [-0.4, -0.2) is 30.6 Å². The molecule has 0 fully saturated rings. The van der Waals surface area contributed by atoms with E-state index < -0.39 is 0 Å². The van der Waals surface area contributed by atoms with Crippen LogP contribution in [-0.2, 0) is 6.42 Å². The highest BCUT2D eigenvalue weighted by Gasteiger charge is 2.13. The number of ether oxygens (including phenoxy) is 1. The fraction of sp³-hybridized carbons (Fsp3) is 0.400. The van der Waals surface area contributed by atoms with E-state index in [-0.39, 0.29) is 6.10 Å². The molecule has 2 nitrogen and oxygen atoms in total. The van der Waals surface area contributed by atoms with Gasteiger partial charge in [-0.2, -0.15) is 0 Å². The van der Waals surface area contributed by atoms with E-state index in [0.717, 1.165) is 38.2 Å². The molecule has 0 bridgehead atoms. The molecule has 1 atom stereocenters. The van der Waals surface area contributed by atoms with Gasteiger partial charge in [-0.1, -0.05) is 62.4 Å². The summed E-state index contributed by atoms with van der Waals surface area (Å²) in [6.45, 7) is 7.71. The maximum Gasteiger partial charge on any atom is 0.119 e. The van der Waals surface area contributed by atoms with Gasteiger partial charge in [-0.15, -0.1) is 0 Å². The lowest BCUT2D eigenvalue weighted by molar-refractivity contribution is 0.166. The predicted octanol–water partition coefficient (Wildman–Crippen LogP) is 4.41. The summed E-state index contributed by atoms with van der Waals surface area (Å²) in [5, 5.41) is 0. The quantitative estimate of drug-likeness (QED) is 0.680. The normalized spacial score (nSPS) is 12.3. The van der Waals surface area contributed by atoms with Gasteiger partial charge in [-0.3, -0.25) is 0 Å². The molecule has 0 saturated carbocycles. The lowest BCUT2D eigenvalue weighted by Gasteiger charge is -2.24. The first-order valence-corrected chi connectivity index (χ1v) is 8.29. The largest absolute Gasteiger partial charge is 0.490 e. The van der Waals surface area contributed by atoms with Crippen LogP contribution in [0, 0.1) is 0 Å². The minimum atomic E-state index is 0.213. The van der Waals surface area contributed by atoms with Crippen molar-refractivity contribution < 1.29 is 4.74 Å². The zero-order valence-corrected chi connectivity index (χ0v) is 13.7. The van der Waals surface area contributed by atoms with Gasteiger partial charge in [0.15, 0.2) is 0 Å². The van der Waals surface area contributed by atoms with Crippen LogP contribution < -0.4 is 4.74 Å². The zero-order valence-electron chi connectivity index (χ0n) is 13.7. The average Bonchev–Trinajstić information content (AvgIpc) is 2.57. The van der Waals surface area contributed by atoms with E-state index in [1.54, 1.807) is 0 Å². The first kappa shape index (κ1) is 16.6. The van der Waals surface area contributed by atoms with Crippen molar-refractivity contribution in [2.45, 2.75) is 32.8 Å². The van der Waals surface area contributed by atoms with Gasteiger partial charge < -0.3 is 9.64 Å². The van der Waals surface area contributed by atoms with Crippen molar-refractivity contribution in [3.63, 3.8) is 0 Å². The topological polar surface area (TPSA) is 12.5 Å². The molecule has 118 valence electrons. The smallest absolute Gasteiger partial charge is 0.119 e. The van der Waals surface area contributed by atoms with Gasteiger partial charge in [0, 0.05) is 13.0 Å². The molecule has 22 heavy (non-hydrogen) atoms. The van der Waals surface area contributed by atoms with E-state index in [0.29, 0.717) is 0 Å². The van der Waals surface area contributed by atoms with Crippen molar-refractivity contribution in [1.29, 1.82) is 0 Å². The Morgan fingerprint density at radius 2 is 1.45 bits per heavy atom. The van der Waals surface area contributed by atoms with Crippen LogP contribution in [0.25, 0.3) is 0 Å². The number of rotatable bonds is 9. The molecule has 0 radical (unpaired) electrons. The molecule has 0 spiro atoms. The highest BCUT2D eigenvalue weighted by atomic mass is 16.5. The molecular weight excluding hydrogens is 270 g/mol. The molecule has 0 aliphatic heterocycles. The number of nitrogens with zero attached hydrogens (tertiary/aromatic N) is 1. The second kappa shape index (κ2) is 9.26. The van der Waals surface area contributed by atoms with E-state index >= 15 is 0 Å². The third kappa shape index (κ3) is 5.53. The third-order valence-corrected chi connectivity index (χ3v) is 4.01. The average molecular weight is 297 g/mol. The minimum absolute atomic E-state index is 0.213. The van der Waals surface area contributed by atoms with Gasteiger partial charge in [-0.25, -0.2) is 0 Å². The Morgan fingerprint density at radius 3 is 2.05 bits per heavy atom. The number of hydrogen-bond acceptors (Lipinski definition) is 2. The van der Waals surface area contributed by atoms with Crippen LogP contribution in [0.2, 0.25) is 0 Å². The van der Waals surface area contributed by atoms with Gasteiger partial charge in [-0.05, 0) is 37.2 Å². The Morgan fingerprint density at radius 1 is 0.864 bits per heavy atom. The Balaban J connectivity index is 1.99. The summed E-state index contributed by atoms with van der Waals surface area (Å²) in [5.41, 5.74) is 1.34. The number of hydrogen-bond donors (Lipinski definition) is 0. The van der Waals surface area contributed by atoms with Crippen LogP contribution in [0.1, 0.15) is 25.8 Å². The Labute approximate surface area is 134 Å². The highest BCUT2D eigenvalue weighted by molar-refractivity contribution is 5.22. The summed E-state index contributed by atoms with van der Waals surface area (Å²) < 4.78 is 6.23. The second-order valence-corrected chi connectivity index (χ2v) is 5.56. The highest BCUT2D eigenvalue weighted by Crippen LogP contribution is 2.16. The zero-order chi connectivity index (χ0) is 15.6. The lowest BCUT2D eigenvalue weighted by atomic mass is 10.1. The predicted molar refractivity (Wildman–Crippen MR) is 93.4 cm³/mol. The number of para-hydroxylation sites is 1. The Kier molecular flexibility index (Phi) is 6.98. The molecule has 0 aromatic heterocycles. The molecule has 2 heteroatoms. The van der Waals surface area contributed by atoms with Crippen LogP contribution >= 0.6 is 0 Å². The SMILES string of the molecule is CCN(CC)CCC(Cc1ccccc1)Oc1ccccc1. The molecule has 0 aliphatic rings. The van der Waals surface area contributed by atoms with Crippen molar-refractivity contribution in [3.05, 3.63) is 66.2 Å². The summed E-state index contributed by atoms with van der Waals surface area (Å²) in [6, 6.07) is 20.8. The van der Waals surface area contributed by atoms with Crippen LogP contribution in [0.5, 0.6) is 5.75 Å². The summed E-state index contributed by atoms with van der Waals surface area (Å²) in [5.74, 6) is 0.961. The monoisotopic (exact) mass is 297 g/mol. The molecule has 0 amide bonds. The van der Waals surface area contributed by atoms with Gasteiger partial charge >= 0.3 is 0 Å². The van der Waals surface area contributed by atoms with Gasteiger partial charge in [0.1, 0.15) is 11.9 Å². The van der Waals surface area contributed by atoms with Gasteiger partial charge in [0.05, 0.1) is 0 Å². The second-order valence-electron chi connectivity index (χ2n) is 5.56. The summed E-state index contributed by atoms with van der Waals surface area (Å²) in [4.78, 5) is 2.45. The maximum absolute atomic E-state index is 6.23. The molecule has 0 heterocycles. The molecule has 0 saturated heterocycles. The first-order chi connectivity index (χ1) is 10.8.